The Balaban J connectivity index is 1.62. The number of likely N-dealkylation sites (tertiary alicyclic amines) is 1. The van der Waals surface area contributed by atoms with Crippen LogP contribution in [0, 0.1) is 0 Å². The van der Waals surface area contributed by atoms with Gasteiger partial charge in [-0.05, 0) is 31.0 Å². The molecule has 1 N–H and O–H groups in total. The first-order valence-corrected chi connectivity index (χ1v) is 8.74. The molecule has 9 nitrogen and oxygen atoms in total. The summed E-state index contributed by atoms with van der Waals surface area (Å²) < 4.78 is 20.9. The first-order valence-electron chi connectivity index (χ1n) is 8.74. The molecule has 2 heterocycles. The topological polar surface area (TPSA) is 99.0 Å². The molecule has 146 valence electrons. The van der Waals surface area contributed by atoms with Crippen LogP contribution in [-0.4, -0.2) is 61.6 Å². The number of aromatic nitrogens is 2. The maximum atomic E-state index is 12.4. The van der Waals surface area contributed by atoms with Gasteiger partial charge in [0.2, 0.25) is 11.7 Å². The van der Waals surface area contributed by atoms with E-state index in [1.54, 1.807) is 38.4 Å². The van der Waals surface area contributed by atoms with Crippen LogP contribution in [0.2, 0.25) is 0 Å². The van der Waals surface area contributed by atoms with Crippen molar-refractivity contribution in [1.82, 2.24) is 20.4 Å². The van der Waals surface area contributed by atoms with Crippen molar-refractivity contribution in [3.63, 3.8) is 0 Å². The first-order chi connectivity index (χ1) is 13.2. The number of carbonyl (C=O) groups excluding carboxylic acids is 1. The highest BCUT2D eigenvalue weighted by atomic mass is 16.5. The van der Waals surface area contributed by atoms with Gasteiger partial charge in [0, 0.05) is 19.2 Å². The largest absolute Gasteiger partial charge is 0.493 e. The van der Waals surface area contributed by atoms with E-state index in [2.05, 4.69) is 15.5 Å². The van der Waals surface area contributed by atoms with Crippen molar-refractivity contribution in [2.75, 3.05) is 34.5 Å². The van der Waals surface area contributed by atoms with Crippen LogP contribution in [0.15, 0.2) is 22.7 Å². The van der Waals surface area contributed by atoms with Crippen LogP contribution in [-0.2, 0) is 11.3 Å². The fraction of sp³-hybridized carbons (Fsp3) is 0.500. The average Bonchev–Trinajstić information content (AvgIpc) is 3.35. The number of hydrogen-bond donors (Lipinski definition) is 1. The molecule has 27 heavy (non-hydrogen) atoms. The molecule has 0 spiro atoms. The van der Waals surface area contributed by atoms with Gasteiger partial charge >= 0.3 is 6.03 Å². The minimum atomic E-state index is -0.152. The van der Waals surface area contributed by atoms with Gasteiger partial charge in [0.1, 0.15) is 0 Å². The Bertz CT molecular complexity index is 779. The highest BCUT2D eigenvalue weighted by Crippen LogP contribution is 2.31. The first kappa shape index (κ1) is 19.0. The molecule has 2 aromatic rings. The van der Waals surface area contributed by atoms with Gasteiger partial charge in [0.25, 0.3) is 0 Å². The monoisotopic (exact) mass is 376 g/mol. The smallest absolute Gasteiger partial charge is 0.318 e. The minimum absolute atomic E-state index is 0.111. The molecule has 0 aliphatic carbocycles. The SMILES string of the molecule is COC[C@@H]1CCCN1C(=O)NCc1nc(-c2ccc(OC)c(OC)c2)no1. The summed E-state index contributed by atoms with van der Waals surface area (Å²) in [5.41, 5.74) is 0.730. The normalized spacial score (nSPS) is 16.4. The van der Waals surface area contributed by atoms with E-state index in [-0.39, 0.29) is 18.6 Å². The standard InChI is InChI=1S/C18H24N4O5/c1-24-11-13-5-4-8-22(13)18(23)19-10-16-20-17(21-27-16)12-6-7-14(25-2)15(9-12)26-3/h6-7,9,13H,4-5,8,10-11H2,1-3H3,(H,19,23)/t13-/m0/s1. The summed E-state index contributed by atoms with van der Waals surface area (Å²) in [7, 11) is 4.78. The second kappa shape index (κ2) is 8.72. The second-order valence-electron chi connectivity index (χ2n) is 6.18. The summed E-state index contributed by atoms with van der Waals surface area (Å²) in [5.74, 6) is 1.94. The number of amides is 2. The maximum Gasteiger partial charge on any atom is 0.318 e. The number of benzene rings is 1. The van der Waals surface area contributed by atoms with E-state index in [0.29, 0.717) is 29.8 Å². The van der Waals surface area contributed by atoms with Crippen molar-refractivity contribution < 1.29 is 23.5 Å². The van der Waals surface area contributed by atoms with Gasteiger partial charge in [-0.15, -0.1) is 0 Å². The molecule has 1 aliphatic rings. The van der Waals surface area contributed by atoms with Gasteiger partial charge in [-0.2, -0.15) is 4.98 Å². The number of urea groups is 1. The molecule has 9 heteroatoms. The molecule has 0 unspecified atom stereocenters. The van der Waals surface area contributed by atoms with Crippen molar-refractivity contribution in [1.29, 1.82) is 0 Å². The van der Waals surface area contributed by atoms with Crippen molar-refractivity contribution in [2.24, 2.45) is 0 Å². The summed E-state index contributed by atoms with van der Waals surface area (Å²) in [5, 5.41) is 6.80. The Morgan fingerprint density at radius 1 is 1.30 bits per heavy atom. The third-order valence-corrected chi connectivity index (χ3v) is 4.50. The molecule has 1 saturated heterocycles. The van der Waals surface area contributed by atoms with Gasteiger partial charge in [0.15, 0.2) is 11.5 Å². The maximum absolute atomic E-state index is 12.4. The number of carbonyl (C=O) groups is 1. The van der Waals surface area contributed by atoms with Gasteiger partial charge in [-0.25, -0.2) is 4.79 Å². The lowest BCUT2D eigenvalue weighted by atomic mass is 10.2. The van der Waals surface area contributed by atoms with Crippen LogP contribution in [0.4, 0.5) is 4.79 Å². The minimum Gasteiger partial charge on any atom is -0.493 e. The summed E-state index contributed by atoms with van der Waals surface area (Å²) >= 11 is 0. The quantitative estimate of drug-likeness (QED) is 0.790. The van der Waals surface area contributed by atoms with Crippen molar-refractivity contribution in [2.45, 2.75) is 25.4 Å². The van der Waals surface area contributed by atoms with E-state index in [4.69, 9.17) is 18.7 Å². The molecular formula is C18H24N4O5. The number of hydrogen-bond acceptors (Lipinski definition) is 7. The lowest BCUT2D eigenvalue weighted by molar-refractivity contribution is 0.123. The molecule has 0 saturated carbocycles. The molecule has 2 amide bonds. The predicted molar refractivity (Wildman–Crippen MR) is 96.7 cm³/mol. The van der Waals surface area contributed by atoms with Gasteiger partial charge in [-0.1, -0.05) is 5.16 Å². The van der Waals surface area contributed by atoms with Gasteiger partial charge in [-0.3, -0.25) is 0 Å². The van der Waals surface area contributed by atoms with E-state index in [9.17, 15) is 4.79 Å². The number of rotatable bonds is 7. The Kier molecular flexibility index (Phi) is 6.12. The number of ether oxygens (including phenoxy) is 3. The Hall–Kier alpha value is -2.81. The number of nitrogens with one attached hydrogen (secondary N) is 1. The molecule has 1 aromatic heterocycles. The van der Waals surface area contributed by atoms with Crippen LogP contribution < -0.4 is 14.8 Å². The highest BCUT2D eigenvalue weighted by Gasteiger charge is 2.28. The zero-order chi connectivity index (χ0) is 19.2. The molecule has 1 aromatic carbocycles. The van der Waals surface area contributed by atoms with Crippen LogP contribution in [0.5, 0.6) is 11.5 Å². The fourth-order valence-electron chi connectivity index (χ4n) is 3.14. The van der Waals surface area contributed by atoms with E-state index in [1.807, 2.05) is 6.07 Å². The van der Waals surface area contributed by atoms with Crippen LogP contribution in [0.25, 0.3) is 11.4 Å². The van der Waals surface area contributed by atoms with Crippen molar-refractivity contribution in [3.05, 3.63) is 24.1 Å². The molecule has 3 rings (SSSR count). The molecule has 0 radical (unpaired) electrons. The van der Waals surface area contributed by atoms with E-state index < -0.39 is 0 Å². The van der Waals surface area contributed by atoms with Gasteiger partial charge in [0.05, 0.1) is 33.4 Å². The molecule has 1 atom stereocenters. The summed E-state index contributed by atoms with van der Waals surface area (Å²) in [6, 6.07) is 5.31. The van der Waals surface area contributed by atoms with Crippen molar-refractivity contribution >= 4 is 6.03 Å². The lowest BCUT2D eigenvalue weighted by Crippen LogP contribution is -2.44. The zero-order valence-corrected chi connectivity index (χ0v) is 15.7. The fourth-order valence-corrected chi connectivity index (χ4v) is 3.14. The van der Waals surface area contributed by atoms with Gasteiger partial charge < -0.3 is 29.0 Å². The lowest BCUT2D eigenvalue weighted by Gasteiger charge is -2.23. The van der Waals surface area contributed by atoms with E-state index in [1.165, 1.54) is 0 Å². The van der Waals surface area contributed by atoms with E-state index in [0.717, 1.165) is 24.9 Å². The van der Waals surface area contributed by atoms with Crippen LogP contribution in [0.3, 0.4) is 0 Å². The highest BCUT2D eigenvalue weighted by molar-refractivity contribution is 5.74. The predicted octanol–water partition coefficient (Wildman–Crippen LogP) is 2.07. The number of methoxy groups -OCH3 is 3. The third-order valence-electron chi connectivity index (χ3n) is 4.50. The molecule has 0 bridgehead atoms. The van der Waals surface area contributed by atoms with Crippen molar-refractivity contribution in [3.8, 4) is 22.9 Å². The summed E-state index contributed by atoms with van der Waals surface area (Å²) in [6.07, 6.45) is 1.93. The summed E-state index contributed by atoms with van der Waals surface area (Å²) in [4.78, 5) is 18.5. The molecular weight excluding hydrogens is 352 g/mol. The number of nitrogens with zero attached hydrogens (tertiary/aromatic N) is 3. The zero-order valence-electron chi connectivity index (χ0n) is 15.7. The summed E-state index contributed by atoms with van der Waals surface area (Å²) in [6.45, 7) is 1.42. The second-order valence-corrected chi connectivity index (χ2v) is 6.18. The van der Waals surface area contributed by atoms with E-state index >= 15 is 0 Å². The van der Waals surface area contributed by atoms with Crippen LogP contribution in [0.1, 0.15) is 18.7 Å². The Labute approximate surface area is 157 Å². The third kappa shape index (κ3) is 4.30. The average molecular weight is 376 g/mol. The Morgan fingerprint density at radius 3 is 2.85 bits per heavy atom. The molecule has 1 aliphatic heterocycles. The Morgan fingerprint density at radius 2 is 2.11 bits per heavy atom. The van der Waals surface area contributed by atoms with Crippen LogP contribution >= 0.6 is 0 Å². The molecule has 1 fully saturated rings.